The van der Waals surface area contributed by atoms with Gasteiger partial charge in [0.1, 0.15) is 5.65 Å². The zero-order chi connectivity index (χ0) is 9.97. The molecule has 0 bridgehead atoms. The van der Waals surface area contributed by atoms with Gasteiger partial charge in [-0.15, -0.1) is 0 Å². The summed E-state index contributed by atoms with van der Waals surface area (Å²) in [6, 6.07) is 6.42. The van der Waals surface area contributed by atoms with E-state index in [-0.39, 0.29) is 0 Å². The minimum absolute atomic E-state index is 0.325. The van der Waals surface area contributed by atoms with E-state index in [1.807, 2.05) is 0 Å². The minimum atomic E-state index is -0.392. The zero-order valence-corrected chi connectivity index (χ0v) is 7.73. The molecule has 4 nitrogen and oxygen atoms in total. The summed E-state index contributed by atoms with van der Waals surface area (Å²) in [5, 5.41) is 0. The van der Waals surface area contributed by atoms with Crippen LogP contribution in [0.4, 0.5) is 0 Å². The van der Waals surface area contributed by atoms with Crippen LogP contribution in [0.5, 0.6) is 0 Å². The molecular formula is C10H9N2O2. The molecule has 0 spiro atoms. The number of nitrogens with zero attached hydrogens (tertiary/aromatic N) is 2. The van der Waals surface area contributed by atoms with Gasteiger partial charge < -0.3 is 9.14 Å². The molecule has 0 fully saturated rings. The molecule has 0 atom stereocenters. The van der Waals surface area contributed by atoms with Crippen LogP contribution in [0.3, 0.4) is 0 Å². The highest BCUT2D eigenvalue weighted by atomic mass is 16.5. The molecule has 0 amide bonds. The summed E-state index contributed by atoms with van der Waals surface area (Å²) in [4.78, 5) is 15.4. The maximum absolute atomic E-state index is 11.3. The Balaban J connectivity index is 2.40. The number of hydrogen-bond donors (Lipinski definition) is 0. The van der Waals surface area contributed by atoms with Crippen LogP contribution in [0.2, 0.25) is 0 Å². The lowest BCUT2D eigenvalue weighted by molar-refractivity contribution is 0.0520. The van der Waals surface area contributed by atoms with Gasteiger partial charge in [0.2, 0.25) is 0 Å². The standard InChI is InChI=1S/C10H9N2O2/c1-2-14-10(13)8-7-12-6-4-3-5-9(12)11-8/h3,5-7H,2H2,1H3. The van der Waals surface area contributed by atoms with E-state index >= 15 is 0 Å². The maximum atomic E-state index is 11.3. The van der Waals surface area contributed by atoms with Crippen LogP contribution in [-0.4, -0.2) is 22.0 Å². The first-order chi connectivity index (χ1) is 6.81. The van der Waals surface area contributed by atoms with Crippen molar-refractivity contribution in [1.29, 1.82) is 0 Å². The summed E-state index contributed by atoms with van der Waals surface area (Å²) in [7, 11) is 0. The van der Waals surface area contributed by atoms with Crippen molar-refractivity contribution in [2.24, 2.45) is 0 Å². The monoisotopic (exact) mass is 189 g/mol. The Morgan fingerprint density at radius 1 is 1.71 bits per heavy atom. The van der Waals surface area contributed by atoms with Gasteiger partial charge in [-0.05, 0) is 25.1 Å². The number of ether oxygens (including phenoxy) is 1. The highest BCUT2D eigenvalue weighted by Crippen LogP contribution is 2.05. The average molecular weight is 189 g/mol. The van der Waals surface area contributed by atoms with Crippen LogP contribution in [0.1, 0.15) is 17.4 Å². The van der Waals surface area contributed by atoms with Crippen molar-refractivity contribution in [2.75, 3.05) is 6.61 Å². The molecule has 0 saturated heterocycles. The van der Waals surface area contributed by atoms with Crippen molar-refractivity contribution < 1.29 is 9.53 Å². The fourth-order valence-electron chi connectivity index (χ4n) is 1.18. The molecule has 0 aliphatic rings. The Hall–Kier alpha value is -1.84. The number of pyridine rings is 1. The summed E-state index contributed by atoms with van der Waals surface area (Å²) >= 11 is 0. The van der Waals surface area contributed by atoms with E-state index in [1.54, 1.807) is 35.9 Å². The van der Waals surface area contributed by atoms with Crippen LogP contribution in [0, 0.1) is 6.07 Å². The van der Waals surface area contributed by atoms with Crippen molar-refractivity contribution in [2.45, 2.75) is 6.92 Å². The van der Waals surface area contributed by atoms with Gasteiger partial charge in [-0.25, -0.2) is 9.78 Å². The molecule has 0 unspecified atom stereocenters. The van der Waals surface area contributed by atoms with E-state index in [0.29, 0.717) is 17.9 Å². The van der Waals surface area contributed by atoms with Crippen molar-refractivity contribution >= 4 is 11.6 Å². The van der Waals surface area contributed by atoms with Crippen molar-refractivity contribution in [1.82, 2.24) is 9.38 Å². The van der Waals surface area contributed by atoms with Crippen molar-refractivity contribution in [3.63, 3.8) is 0 Å². The molecule has 71 valence electrons. The predicted molar refractivity (Wildman–Crippen MR) is 50.0 cm³/mol. The normalized spacial score (nSPS) is 10.4. The van der Waals surface area contributed by atoms with Crippen molar-refractivity contribution in [3.8, 4) is 0 Å². The Kier molecular flexibility index (Phi) is 2.18. The van der Waals surface area contributed by atoms with E-state index in [2.05, 4.69) is 11.1 Å². The number of aromatic nitrogens is 2. The lowest BCUT2D eigenvalue weighted by Crippen LogP contribution is -2.04. The van der Waals surface area contributed by atoms with Crippen LogP contribution >= 0.6 is 0 Å². The number of rotatable bonds is 2. The molecule has 2 rings (SSSR count). The van der Waals surface area contributed by atoms with Crippen LogP contribution in [0.15, 0.2) is 24.5 Å². The highest BCUT2D eigenvalue weighted by molar-refractivity contribution is 5.87. The molecule has 0 saturated carbocycles. The molecule has 0 aliphatic heterocycles. The average Bonchev–Trinajstić information content (AvgIpc) is 2.61. The molecule has 1 radical (unpaired) electrons. The first-order valence-corrected chi connectivity index (χ1v) is 4.33. The van der Waals surface area contributed by atoms with Crippen LogP contribution < -0.4 is 0 Å². The topological polar surface area (TPSA) is 43.6 Å². The second kappa shape index (κ2) is 3.49. The number of fused-ring (bicyclic) bond motifs is 1. The first kappa shape index (κ1) is 8.74. The molecule has 0 aromatic carbocycles. The summed E-state index contributed by atoms with van der Waals surface area (Å²) in [6.07, 6.45) is 3.34. The Morgan fingerprint density at radius 3 is 3.29 bits per heavy atom. The second-order valence-corrected chi connectivity index (χ2v) is 2.74. The first-order valence-electron chi connectivity index (χ1n) is 4.33. The van der Waals surface area contributed by atoms with E-state index in [4.69, 9.17) is 4.74 Å². The van der Waals surface area contributed by atoms with E-state index < -0.39 is 5.97 Å². The molecule has 0 N–H and O–H groups in total. The fraction of sp³-hybridized carbons (Fsp3) is 0.200. The third kappa shape index (κ3) is 1.46. The second-order valence-electron chi connectivity index (χ2n) is 2.74. The quantitative estimate of drug-likeness (QED) is 0.669. The van der Waals surface area contributed by atoms with E-state index in [9.17, 15) is 4.79 Å². The zero-order valence-electron chi connectivity index (χ0n) is 7.73. The number of carbonyl (C=O) groups excluding carboxylic acids is 1. The third-order valence-corrected chi connectivity index (χ3v) is 1.79. The molecule has 0 aliphatic carbocycles. The molecule has 2 heterocycles. The van der Waals surface area contributed by atoms with Gasteiger partial charge >= 0.3 is 5.97 Å². The van der Waals surface area contributed by atoms with Gasteiger partial charge in [0.05, 0.1) is 6.61 Å². The minimum Gasteiger partial charge on any atom is -0.461 e. The fourth-order valence-corrected chi connectivity index (χ4v) is 1.18. The highest BCUT2D eigenvalue weighted by Gasteiger charge is 2.10. The Bertz CT molecular complexity index is 429. The van der Waals surface area contributed by atoms with Gasteiger partial charge in [-0.1, -0.05) is 0 Å². The molecule has 2 aromatic heterocycles. The lowest BCUT2D eigenvalue weighted by Gasteiger charge is -1.95. The largest absolute Gasteiger partial charge is 0.461 e. The van der Waals surface area contributed by atoms with Gasteiger partial charge in [0.25, 0.3) is 0 Å². The number of imidazole rings is 1. The SMILES string of the molecule is CCOC(=O)c1cn2c[c]ccc2n1. The summed E-state index contributed by atoms with van der Waals surface area (Å²) in [6.45, 7) is 2.13. The van der Waals surface area contributed by atoms with Gasteiger partial charge in [-0.2, -0.15) is 0 Å². The smallest absolute Gasteiger partial charge is 0.358 e. The summed E-state index contributed by atoms with van der Waals surface area (Å²) in [5.41, 5.74) is 1.04. The molecular weight excluding hydrogens is 180 g/mol. The Morgan fingerprint density at radius 2 is 2.57 bits per heavy atom. The van der Waals surface area contributed by atoms with E-state index in [0.717, 1.165) is 0 Å². The van der Waals surface area contributed by atoms with Gasteiger partial charge in [0.15, 0.2) is 5.69 Å². The molecule has 14 heavy (non-hydrogen) atoms. The van der Waals surface area contributed by atoms with Gasteiger partial charge in [-0.3, -0.25) is 0 Å². The Labute approximate surface area is 81.1 Å². The third-order valence-electron chi connectivity index (χ3n) is 1.79. The predicted octanol–water partition coefficient (Wildman–Crippen LogP) is 1.31. The maximum Gasteiger partial charge on any atom is 0.358 e. The number of esters is 1. The summed E-state index contributed by atoms with van der Waals surface area (Å²) < 4.78 is 6.56. The summed E-state index contributed by atoms with van der Waals surface area (Å²) in [5.74, 6) is -0.392. The number of hydrogen-bond acceptors (Lipinski definition) is 3. The molecule has 4 heteroatoms. The number of carbonyl (C=O) groups is 1. The van der Waals surface area contributed by atoms with Crippen molar-refractivity contribution in [3.05, 3.63) is 36.3 Å². The molecule has 2 aromatic rings. The van der Waals surface area contributed by atoms with Crippen LogP contribution in [0.25, 0.3) is 5.65 Å². The van der Waals surface area contributed by atoms with Gasteiger partial charge in [0, 0.05) is 12.4 Å². The van der Waals surface area contributed by atoms with Crippen LogP contribution in [-0.2, 0) is 4.74 Å². The van der Waals surface area contributed by atoms with E-state index in [1.165, 1.54) is 0 Å². The lowest BCUT2D eigenvalue weighted by atomic mass is 10.5.